The first-order chi connectivity index (χ1) is 21.0. The van der Waals surface area contributed by atoms with Crippen LogP contribution in [0.2, 0.25) is 0 Å². The molecule has 0 saturated carbocycles. The molecular formula is C35H30N2O6. The van der Waals surface area contributed by atoms with Crippen LogP contribution >= 0.6 is 0 Å². The number of ether oxygens (including phenoxy) is 3. The number of nitriles is 1. The number of esters is 1. The molecule has 1 aromatic heterocycles. The third kappa shape index (κ3) is 6.08. The first kappa shape index (κ1) is 28.0. The van der Waals surface area contributed by atoms with Gasteiger partial charge >= 0.3 is 11.6 Å². The standard InChI is InChI=1S/C35H30N2O6/c1-40-35(39)30-11-4-5-16-37(30)21-26-12-14-27(41-22-24-8-6-7-23(17-24)20-36)18-31(26)42-32-19-33(38)43-34-28-10-3-2-9-25(28)13-15-29(32)34/h2-3,6-10,12-15,17-19,30H,4-5,11,16,21-22H2,1H3. The van der Waals surface area contributed by atoms with E-state index in [1.807, 2.05) is 60.7 Å². The van der Waals surface area contributed by atoms with E-state index >= 15 is 0 Å². The SMILES string of the molecule is COC(=O)C1CCCCN1Cc1ccc(OCc2cccc(C#N)c2)cc1Oc1cc(=O)oc2c1ccc1ccccc12. The quantitative estimate of drug-likeness (QED) is 0.114. The fourth-order valence-electron chi connectivity index (χ4n) is 5.61. The first-order valence-corrected chi connectivity index (χ1v) is 14.2. The molecule has 1 unspecified atom stereocenters. The summed E-state index contributed by atoms with van der Waals surface area (Å²) in [5.74, 6) is 1.17. The van der Waals surface area contributed by atoms with Gasteiger partial charge in [0.2, 0.25) is 0 Å². The molecular weight excluding hydrogens is 544 g/mol. The Morgan fingerprint density at radius 3 is 2.72 bits per heavy atom. The number of carbonyl (C=O) groups excluding carboxylic acids is 1. The lowest BCUT2D eigenvalue weighted by Gasteiger charge is -2.34. The molecule has 0 amide bonds. The summed E-state index contributed by atoms with van der Waals surface area (Å²) in [4.78, 5) is 27.4. The Hall–Kier alpha value is -5.13. The van der Waals surface area contributed by atoms with Crippen LogP contribution in [0.5, 0.6) is 17.2 Å². The third-order valence-electron chi connectivity index (χ3n) is 7.78. The minimum absolute atomic E-state index is 0.250. The molecule has 1 fully saturated rings. The molecule has 1 aliphatic heterocycles. The van der Waals surface area contributed by atoms with Crippen molar-refractivity contribution in [3.63, 3.8) is 0 Å². The van der Waals surface area contributed by atoms with Gasteiger partial charge in [-0.05, 0) is 54.6 Å². The average molecular weight is 575 g/mol. The summed E-state index contributed by atoms with van der Waals surface area (Å²) in [5.41, 5.74) is 2.18. The Balaban J connectivity index is 1.38. The van der Waals surface area contributed by atoms with Gasteiger partial charge in [0.25, 0.3) is 0 Å². The van der Waals surface area contributed by atoms with Crippen molar-refractivity contribution in [1.82, 2.24) is 4.90 Å². The summed E-state index contributed by atoms with van der Waals surface area (Å²) in [6.07, 6.45) is 2.66. The summed E-state index contributed by atoms with van der Waals surface area (Å²) in [5, 5.41) is 11.7. The minimum atomic E-state index is -0.521. The normalized spacial score (nSPS) is 15.2. The average Bonchev–Trinajstić information content (AvgIpc) is 3.04. The topological polar surface area (TPSA) is 102 Å². The van der Waals surface area contributed by atoms with Crippen LogP contribution in [0.1, 0.15) is 36.0 Å². The second-order valence-corrected chi connectivity index (χ2v) is 10.6. The van der Waals surface area contributed by atoms with Gasteiger partial charge < -0.3 is 18.6 Å². The summed E-state index contributed by atoms with van der Waals surface area (Å²) in [6.45, 7) is 1.45. The lowest BCUT2D eigenvalue weighted by molar-refractivity contribution is -0.148. The van der Waals surface area contributed by atoms with Gasteiger partial charge in [-0.2, -0.15) is 5.26 Å². The summed E-state index contributed by atoms with van der Waals surface area (Å²) < 4.78 is 23.4. The van der Waals surface area contributed by atoms with Crippen molar-refractivity contribution < 1.29 is 23.4 Å². The van der Waals surface area contributed by atoms with Crippen molar-refractivity contribution in [2.45, 2.75) is 38.5 Å². The molecule has 216 valence electrons. The highest BCUT2D eigenvalue weighted by Crippen LogP contribution is 2.37. The molecule has 6 rings (SSSR count). The van der Waals surface area contributed by atoms with Gasteiger partial charge in [-0.3, -0.25) is 9.69 Å². The Morgan fingerprint density at radius 2 is 1.86 bits per heavy atom. The maximum atomic E-state index is 12.7. The highest BCUT2D eigenvalue weighted by Gasteiger charge is 2.30. The predicted octanol–water partition coefficient (Wildman–Crippen LogP) is 6.72. The van der Waals surface area contributed by atoms with Gasteiger partial charge in [-0.25, -0.2) is 4.79 Å². The molecule has 4 aromatic carbocycles. The fraction of sp³-hybridized carbons (Fsp3) is 0.229. The molecule has 0 radical (unpaired) electrons. The highest BCUT2D eigenvalue weighted by molar-refractivity contribution is 6.05. The number of carbonyl (C=O) groups is 1. The van der Waals surface area contributed by atoms with Crippen LogP contribution in [0.15, 0.2) is 94.1 Å². The number of nitrogens with zero attached hydrogens (tertiary/aromatic N) is 2. The Labute approximate surface area is 248 Å². The van der Waals surface area contributed by atoms with Crippen molar-refractivity contribution in [1.29, 1.82) is 5.26 Å². The zero-order valence-electron chi connectivity index (χ0n) is 23.7. The van der Waals surface area contributed by atoms with Crippen LogP contribution in [0.25, 0.3) is 21.7 Å². The zero-order valence-corrected chi connectivity index (χ0v) is 23.7. The van der Waals surface area contributed by atoms with E-state index in [1.165, 1.54) is 13.2 Å². The van der Waals surface area contributed by atoms with E-state index in [0.717, 1.165) is 47.7 Å². The number of hydrogen-bond donors (Lipinski definition) is 0. The van der Waals surface area contributed by atoms with Crippen LogP contribution in [-0.4, -0.2) is 30.6 Å². The number of hydrogen-bond acceptors (Lipinski definition) is 8. The van der Waals surface area contributed by atoms with E-state index in [2.05, 4.69) is 11.0 Å². The van der Waals surface area contributed by atoms with Crippen molar-refractivity contribution in [3.05, 3.63) is 112 Å². The molecule has 0 bridgehead atoms. The molecule has 0 spiro atoms. The van der Waals surface area contributed by atoms with Crippen LogP contribution in [0, 0.1) is 11.3 Å². The van der Waals surface area contributed by atoms with Gasteiger partial charge in [0.05, 0.1) is 30.2 Å². The first-order valence-electron chi connectivity index (χ1n) is 14.2. The lowest BCUT2D eigenvalue weighted by Crippen LogP contribution is -2.44. The lowest BCUT2D eigenvalue weighted by atomic mass is 10.0. The molecule has 0 N–H and O–H groups in total. The fourth-order valence-corrected chi connectivity index (χ4v) is 5.61. The maximum absolute atomic E-state index is 12.7. The van der Waals surface area contributed by atoms with E-state index in [0.29, 0.717) is 40.3 Å². The van der Waals surface area contributed by atoms with E-state index in [4.69, 9.17) is 18.6 Å². The molecule has 1 aliphatic rings. The van der Waals surface area contributed by atoms with Gasteiger partial charge in [-0.1, -0.05) is 55.0 Å². The second-order valence-electron chi connectivity index (χ2n) is 10.6. The van der Waals surface area contributed by atoms with Gasteiger partial charge in [0.1, 0.15) is 35.5 Å². The zero-order chi connectivity index (χ0) is 29.8. The van der Waals surface area contributed by atoms with Crippen LogP contribution in [0.4, 0.5) is 0 Å². The van der Waals surface area contributed by atoms with Gasteiger partial charge in [0, 0.05) is 23.6 Å². The third-order valence-corrected chi connectivity index (χ3v) is 7.78. The Kier molecular flexibility index (Phi) is 8.07. The smallest absolute Gasteiger partial charge is 0.339 e. The highest BCUT2D eigenvalue weighted by atomic mass is 16.5. The number of piperidine rings is 1. The Morgan fingerprint density at radius 1 is 0.977 bits per heavy atom. The molecule has 1 saturated heterocycles. The van der Waals surface area contributed by atoms with Crippen molar-refractivity contribution in [3.8, 4) is 23.3 Å². The van der Waals surface area contributed by atoms with E-state index in [-0.39, 0.29) is 18.6 Å². The van der Waals surface area contributed by atoms with E-state index < -0.39 is 5.63 Å². The number of benzene rings is 4. The van der Waals surface area contributed by atoms with Crippen molar-refractivity contribution >= 4 is 27.7 Å². The Bertz CT molecular complexity index is 1910. The summed E-state index contributed by atoms with van der Waals surface area (Å²) in [6, 6.07) is 27.5. The summed E-state index contributed by atoms with van der Waals surface area (Å²) in [7, 11) is 1.41. The number of fused-ring (bicyclic) bond motifs is 3. The van der Waals surface area contributed by atoms with Crippen molar-refractivity contribution in [2.75, 3.05) is 13.7 Å². The number of rotatable bonds is 8. The number of methoxy groups -OCH3 is 1. The number of likely N-dealkylation sites (tertiary alicyclic amines) is 1. The monoisotopic (exact) mass is 574 g/mol. The molecule has 5 aromatic rings. The van der Waals surface area contributed by atoms with Crippen molar-refractivity contribution in [2.24, 2.45) is 0 Å². The van der Waals surface area contributed by atoms with E-state index in [1.54, 1.807) is 18.2 Å². The molecule has 1 atom stereocenters. The predicted molar refractivity (Wildman–Crippen MR) is 162 cm³/mol. The van der Waals surface area contributed by atoms with Gasteiger partial charge in [-0.15, -0.1) is 0 Å². The largest absolute Gasteiger partial charge is 0.489 e. The molecule has 43 heavy (non-hydrogen) atoms. The maximum Gasteiger partial charge on any atom is 0.339 e. The second kappa shape index (κ2) is 12.4. The van der Waals surface area contributed by atoms with Crippen LogP contribution in [0.3, 0.4) is 0 Å². The van der Waals surface area contributed by atoms with Crippen LogP contribution < -0.4 is 15.1 Å². The van der Waals surface area contributed by atoms with Crippen LogP contribution in [-0.2, 0) is 22.7 Å². The molecule has 0 aliphatic carbocycles. The molecule has 8 nitrogen and oxygen atoms in total. The van der Waals surface area contributed by atoms with Gasteiger partial charge in [0.15, 0.2) is 0 Å². The molecule has 2 heterocycles. The molecule has 8 heteroatoms. The summed E-state index contributed by atoms with van der Waals surface area (Å²) >= 11 is 0. The van der Waals surface area contributed by atoms with E-state index in [9.17, 15) is 14.9 Å². The minimum Gasteiger partial charge on any atom is -0.489 e.